The zero-order valence-corrected chi connectivity index (χ0v) is 12.9. The van der Waals surface area contributed by atoms with Gasteiger partial charge in [0, 0.05) is 12.2 Å². The first kappa shape index (κ1) is 15.5. The third-order valence-corrected chi connectivity index (χ3v) is 4.25. The van der Waals surface area contributed by atoms with E-state index < -0.39 is 10.0 Å². The van der Waals surface area contributed by atoms with E-state index in [1.807, 2.05) is 25.1 Å². The third kappa shape index (κ3) is 4.58. The molecule has 0 amide bonds. The number of hydrogen-bond donors (Lipinski definition) is 2. The molecule has 0 saturated carbocycles. The molecular weight excluding hydrogens is 284 g/mol. The molecule has 0 aliphatic rings. The van der Waals surface area contributed by atoms with Gasteiger partial charge < -0.3 is 5.32 Å². The molecular formula is C16H20N2O2S. The van der Waals surface area contributed by atoms with E-state index in [0.717, 1.165) is 30.6 Å². The van der Waals surface area contributed by atoms with E-state index >= 15 is 0 Å². The zero-order valence-electron chi connectivity index (χ0n) is 12.0. The number of nitrogens with two attached hydrogens (primary N) is 1. The van der Waals surface area contributed by atoms with Crippen LogP contribution in [0.2, 0.25) is 0 Å². The van der Waals surface area contributed by atoms with Gasteiger partial charge in [-0.25, -0.2) is 13.6 Å². The Morgan fingerprint density at radius 1 is 1.10 bits per heavy atom. The molecule has 2 rings (SSSR count). The van der Waals surface area contributed by atoms with Crippen molar-refractivity contribution in [1.82, 2.24) is 0 Å². The highest BCUT2D eigenvalue weighted by Gasteiger charge is 2.09. The maximum atomic E-state index is 11.4. The summed E-state index contributed by atoms with van der Waals surface area (Å²) >= 11 is 0. The molecule has 0 aliphatic carbocycles. The summed E-state index contributed by atoms with van der Waals surface area (Å²) < 4.78 is 22.7. The highest BCUT2D eigenvalue weighted by Crippen LogP contribution is 2.19. The normalized spacial score (nSPS) is 11.3. The molecule has 0 saturated heterocycles. The van der Waals surface area contributed by atoms with E-state index in [0.29, 0.717) is 0 Å². The first-order valence-corrected chi connectivity index (χ1v) is 8.43. The molecule has 5 heteroatoms. The van der Waals surface area contributed by atoms with Crippen LogP contribution < -0.4 is 10.5 Å². The van der Waals surface area contributed by atoms with Gasteiger partial charge in [0.1, 0.15) is 0 Å². The molecule has 0 bridgehead atoms. The predicted octanol–water partition coefficient (Wildman–Crippen LogP) is 2.69. The van der Waals surface area contributed by atoms with Crippen LogP contribution in [0.4, 0.5) is 5.69 Å². The first-order valence-electron chi connectivity index (χ1n) is 6.88. The number of nitrogens with one attached hydrogen (secondary N) is 1. The molecule has 0 spiro atoms. The molecule has 0 heterocycles. The van der Waals surface area contributed by atoms with E-state index in [4.69, 9.17) is 5.14 Å². The summed E-state index contributed by atoms with van der Waals surface area (Å²) in [6.45, 7) is 2.72. The number of benzene rings is 2. The Morgan fingerprint density at radius 3 is 2.48 bits per heavy atom. The average Bonchev–Trinajstić information content (AvgIpc) is 2.45. The molecule has 0 radical (unpaired) electrons. The monoisotopic (exact) mass is 304 g/mol. The lowest BCUT2D eigenvalue weighted by Gasteiger charge is -2.11. The van der Waals surface area contributed by atoms with Crippen molar-refractivity contribution in [3.63, 3.8) is 0 Å². The lowest BCUT2D eigenvalue weighted by molar-refractivity contribution is 0.598. The zero-order chi connectivity index (χ0) is 15.3. The average molecular weight is 304 g/mol. The summed E-state index contributed by atoms with van der Waals surface area (Å²) in [7, 11) is -3.66. The first-order chi connectivity index (χ1) is 9.97. The summed E-state index contributed by atoms with van der Waals surface area (Å²) in [5.41, 5.74) is 3.12. The number of primary sulfonamides is 1. The minimum Gasteiger partial charge on any atom is -0.385 e. The summed E-state index contributed by atoms with van der Waals surface area (Å²) in [5, 5.41) is 8.43. The lowest BCUT2D eigenvalue weighted by Crippen LogP contribution is -2.13. The van der Waals surface area contributed by atoms with Gasteiger partial charge >= 0.3 is 0 Å². The quantitative estimate of drug-likeness (QED) is 0.806. The Morgan fingerprint density at radius 2 is 1.81 bits per heavy atom. The van der Waals surface area contributed by atoms with Gasteiger partial charge in [-0.1, -0.05) is 36.4 Å². The molecule has 21 heavy (non-hydrogen) atoms. The summed E-state index contributed by atoms with van der Waals surface area (Å²) in [4.78, 5) is 0.138. The van der Waals surface area contributed by atoms with Gasteiger partial charge in [-0.3, -0.25) is 0 Å². The molecule has 0 atom stereocenters. The number of aryl methyl sites for hydroxylation is 2. The highest BCUT2D eigenvalue weighted by atomic mass is 32.2. The van der Waals surface area contributed by atoms with Gasteiger partial charge in [0.15, 0.2) is 0 Å². The van der Waals surface area contributed by atoms with Gasteiger partial charge in [-0.2, -0.15) is 0 Å². The summed E-state index contributed by atoms with van der Waals surface area (Å²) in [5.74, 6) is 0. The van der Waals surface area contributed by atoms with Crippen molar-refractivity contribution >= 4 is 15.7 Å². The Balaban J connectivity index is 1.94. The predicted molar refractivity (Wildman–Crippen MR) is 85.8 cm³/mol. The van der Waals surface area contributed by atoms with Crippen LogP contribution in [-0.2, 0) is 16.4 Å². The third-order valence-electron chi connectivity index (χ3n) is 3.34. The minimum atomic E-state index is -3.66. The molecule has 0 aliphatic heterocycles. The van der Waals surface area contributed by atoms with Crippen LogP contribution in [0.15, 0.2) is 53.4 Å². The molecule has 4 nitrogen and oxygen atoms in total. The van der Waals surface area contributed by atoms with Crippen LogP contribution in [0.1, 0.15) is 17.5 Å². The standard InChI is InChI=1S/C16H20N2O2S/c1-13-9-10-15(21(17,19)20)12-16(13)18-11-5-8-14-6-3-2-4-7-14/h2-4,6-7,9-10,12,18H,5,8,11H2,1H3,(H2,17,19,20). The van der Waals surface area contributed by atoms with E-state index in [1.165, 1.54) is 11.6 Å². The van der Waals surface area contributed by atoms with E-state index in [9.17, 15) is 8.42 Å². The van der Waals surface area contributed by atoms with Crippen molar-refractivity contribution in [3.05, 3.63) is 59.7 Å². The second kappa shape index (κ2) is 6.74. The largest absolute Gasteiger partial charge is 0.385 e. The van der Waals surface area contributed by atoms with Crippen molar-refractivity contribution in [3.8, 4) is 0 Å². The van der Waals surface area contributed by atoms with Crippen LogP contribution in [0.3, 0.4) is 0 Å². The maximum absolute atomic E-state index is 11.4. The Bertz CT molecular complexity index is 697. The smallest absolute Gasteiger partial charge is 0.238 e. The van der Waals surface area contributed by atoms with E-state index in [-0.39, 0.29) is 4.90 Å². The van der Waals surface area contributed by atoms with Gasteiger partial charge in [0.05, 0.1) is 4.90 Å². The molecule has 3 N–H and O–H groups in total. The second-order valence-electron chi connectivity index (χ2n) is 5.04. The molecule has 0 aromatic heterocycles. The van der Waals surface area contributed by atoms with Crippen LogP contribution >= 0.6 is 0 Å². The van der Waals surface area contributed by atoms with E-state index in [1.54, 1.807) is 12.1 Å². The van der Waals surface area contributed by atoms with Crippen LogP contribution in [0.25, 0.3) is 0 Å². The second-order valence-corrected chi connectivity index (χ2v) is 6.60. The van der Waals surface area contributed by atoms with Crippen LogP contribution in [-0.4, -0.2) is 15.0 Å². The maximum Gasteiger partial charge on any atom is 0.238 e. The summed E-state index contributed by atoms with van der Waals surface area (Å²) in [6.07, 6.45) is 1.96. The lowest BCUT2D eigenvalue weighted by atomic mass is 10.1. The topological polar surface area (TPSA) is 72.2 Å². The molecule has 0 unspecified atom stereocenters. The van der Waals surface area contributed by atoms with Crippen molar-refractivity contribution in [2.24, 2.45) is 5.14 Å². The van der Waals surface area contributed by atoms with Gasteiger partial charge in [0.2, 0.25) is 10.0 Å². The van der Waals surface area contributed by atoms with Crippen molar-refractivity contribution < 1.29 is 8.42 Å². The number of anilines is 1. The molecule has 112 valence electrons. The van der Waals surface area contributed by atoms with Crippen LogP contribution in [0.5, 0.6) is 0 Å². The number of hydrogen-bond acceptors (Lipinski definition) is 3. The summed E-state index contributed by atoms with van der Waals surface area (Å²) in [6, 6.07) is 15.2. The number of rotatable bonds is 6. The van der Waals surface area contributed by atoms with Crippen molar-refractivity contribution in [2.45, 2.75) is 24.7 Å². The fraction of sp³-hybridized carbons (Fsp3) is 0.250. The van der Waals surface area contributed by atoms with Gasteiger partial charge in [-0.15, -0.1) is 0 Å². The Labute approximate surface area is 126 Å². The fourth-order valence-corrected chi connectivity index (χ4v) is 2.67. The van der Waals surface area contributed by atoms with Crippen molar-refractivity contribution in [1.29, 1.82) is 0 Å². The Kier molecular flexibility index (Phi) is 4.98. The van der Waals surface area contributed by atoms with Gasteiger partial charge in [0.25, 0.3) is 0 Å². The highest BCUT2D eigenvalue weighted by molar-refractivity contribution is 7.89. The molecule has 0 fully saturated rings. The molecule has 2 aromatic rings. The SMILES string of the molecule is Cc1ccc(S(N)(=O)=O)cc1NCCCc1ccccc1. The van der Waals surface area contributed by atoms with Crippen LogP contribution in [0, 0.1) is 6.92 Å². The van der Waals surface area contributed by atoms with Gasteiger partial charge in [-0.05, 0) is 43.0 Å². The van der Waals surface area contributed by atoms with Crippen molar-refractivity contribution in [2.75, 3.05) is 11.9 Å². The number of sulfonamides is 1. The van der Waals surface area contributed by atoms with E-state index in [2.05, 4.69) is 17.4 Å². The Hall–Kier alpha value is -1.85. The molecule has 2 aromatic carbocycles. The fourth-order valence-electron chi connectivity index (χ4n) is 2.13. The minimum absolute atomic E-state index is 0.138.